The first-order chi connectivity index (χ1) is 7.90. The van der Waals surface area contributed by atoms with Gasteiger partial charge in [0, 0.05) is 19.6 Å². The zero-order chi connectivity index (χ0) is 13.2. The Labute approximate surface area is 109 Å². The molecular formula is C12H22N4S. The van der Waals surface area contributed by atoms with Gasteiger partial charge >= 0.3 is 0 Å². The minimum Gasteiger partial charge on any atom is -0.389 e. The van der Waals surface area contributed by atoms with E-state index in [9.17, 15) is 0 Å². The first-order valence-electron chi connectivity index (χ1n) is 6.00. The smallest absolute Gasteiger partial charge is 0.137 e. The zero-order valence-electron chi connectivity index (χ0n) is 11.3. The molecule has 0 radical (unpaired) electrons. The van der Waals surface area contributed by atoms with Crippen molar-refractivity contribution < 1.29 is 0 Å². The standard InChI is InChI=1S/C12H22N4S/c1-6-7-16(8(2)3)12-10(11(13)17)9(4)14-15(12)5/h8H,6-7H2,1-5H3,(H2,13,17). The van der Waals surface area contributed by atoms with E-state index in [4.69, 9.17) is 18.0 Å². The highest BCUT2D eigenvalue weighted by Crippen LogP contribution is 2.25. The summed E-state index contributed by atoms with van der Waals surface area (Å²) in [7, 11) is 1.94. The quantitative estimate of drug-likeness (QED) is 0.816. The van der Waals surface area contributed by atoms with Crippen LogP contribution in [0.4, 0.5) is 5.82 Å². The summed E-state index contributed by atoms with van der Waals surface area (Å²) in [5.74, 6) is 1.03. The summed E-state index contributed by atoms with van der Waals surface area (Å²) < 4.78 is 1.87. The first-order valence-corrected chi connectivity index (χ1v) is 6.41. The molecule has 1 rings (SSSR count). The number of aryl methyl sites for hydroxylation is 2. The van der Waals surface area contributed by atoms with Gasteiger partial charge in [0.2, 0.25) is 0 Å². The number of hydrogen-bond donors (Lipinski definition) is 1. The molecule has 5 heteroatoms. The topological polar surface area (TPSA) is 47.1 Å². The third-order valence-corrected chi connectivity index (χ3v) is 3.00. The molecule has 0 atom stereocenters. The number of nitrogens with zero attached hydrogens (tertiary/aromatic N) is 3. The minimum atomic E-state index is 0.401. The van der Waals surface area contributed by atoms with Gasteiger partial charge in [-0.25, -0.2) is 0 Å². The van der Waals surface area contributed by atoms with Crippen molar-refractivity contribution in [1.29, 1.82) is 0 Å². The number of hydrogen-bond acceptors (Lipinski definition) is 3. The molecule has 0 spiro atoms. The van der Waals surface area contributed by atoms with Crippen LogP contribution in [0.15, 0.2) is 0 Å². The molecule has 0 fully saturated rings. The molecular weight excluding hydrogens is 232 g/mol. The van der Waals surface area contributed by atoms with Crippen molar-refractivity contribution in [2.45, 2.75) is 40.2 Å². The Bertz CT molecular complexity index is 409. The van der Waals surface area contributed by atoms with Gasteiger partial charge in [0.05, 0.1) is 11.3 Å². The molecule has 1 aromatic rings. The summed E-state index contributed by atoms with van der Waals surface area (Å²) >= 11 is 5.14. The van der Waals surface area contributed by atoms with E-state index >= 15 is 0 Å². The second-order valence-electron chi connectivity index (χ2n) is 4.56. The fourth-order valence-electron chi connectivity index (χ4n) is 2.11. The van der Waals surface area contributed by atoms with Crippen LogP contribution in [-0.4, -0.2) is 27.4 Å². The van der Waals surface area contributed by atoms with E-state index in [-0.39, 0.29) is 0 Å². The van der Waals surface area contributed by atoms with Gasteiger partial charge in [0.1, 0.15) is 10.8 Å². The van der Waals surface area contributed by atoms with E-state index in [0.717, 1.165) is 30.0 Å². The van der Waals surface area contributed by atoms with Crippen molar-refractivity contribution in [3.63, 3.8) is 0 Å². The molecule has 96 valence electrons. The SMILES string of the molecule is CCCN(c1c(C(N)=S)c(C)nn1C)C(C)C. The third kappa shape index (κ3) is 2.77. The van der Waals surface area contributed by atoms with Crippen LogP contribution in [0, 0.1) is 6.92 Å². The van der Waals surface area contributed by atoms with Gasteiger partial charge in [-0.1, -0.05) is 19.1 Å². The van der Waals surface area contributed by atoms with Crippen LogP contribution in [-0.2, 0) is 7.05 Å². The molecule has 0 saturated heterocycles. The van der Waals surface area contributed by atoms with E-state index in [1.807, 2.05) is 18.7 Å². The molecule has 0 amide bonds. The summed E-state index contributed by atoms with van der Waals surface area (Å²) in [6, 6.07) is 0.401. The number of aromatic nitrogens is 2. The second kappa shape index (κ2) is 5.49. The lowest BCUT2D eigenvalue weighted by atomic mass is 10.2. The number of nitrogens with two attached hydrogens (primary N) is 1. The molecule has 4 nitrogen and oxygen atoms in total. The van der Waals surface area contributed by atoms with Gasteiger partial charge in [0.25, 0.3) is 0 Å². The van der Waals surface area contributed by atoms with Gasteiger partial charge in [-0.2, -0.15) is 5.10 Å². The number of anilines is 1. The van der Waals surface area contributed by atoms with E-state index in [0.29, 0.717) is 11.0 Å². The average Bonchev–Trinajstić information content (AvgIpc) is 2.49. The predicted molar refractivity (Wildman–Crippen MR) is 76.6 cm³/mol. The van der Waals surface area contributed by atoms with Gasteiger partial charge in [-0.05, 0) is 27.2 Å². The van der Waals surface area contributed by atoms with Crippen LogP contribution in [0.3, 0.4) is 0 Å². The van der Waals surface area contributed by atoms with Gasteiger partial charge in [-0.15, -0.1) is 0 Å². The summed E-state index contributed by atoms with van der Waals surface area (Å²) in [4.78, 5) is 2.72. The lowest BCUT2D eigenvalue weighted by molar-refractivity contribution is 0.628. The zero-order valence-corrected chi connectivity index (χ0v) is 12.1. The van der Waals surface area contributed by atoms with Crippen molar-refractivity contribution in [2.24, 2.45) is 12.8 Å². The van der Waals surface area contributed by atoms with E-state index < -0.39 is 0 Å². The summed E-state index contributed by atoms with van der Waals surface area (Å²) in [5.41, 5.74) is 7.62. The van der Waals surface area contributed by atoms with E-state index in [1.165, 1.54) is 0 Å². The molecule has 0 aromatic carbocycles. The first kappa shape index (κ1) is 14.0. The fourth-order valence-corrected chi connectivity index (χ4v) is 2.35. The maximum atomic E-state index is 5.81. The van der Waals surface area contributed by atoms with E-state index in [2.05, 4.69) is 30.8 Å². The Hall–Kier alpha value is -1.10. The molecule has 1 aromatic heterocycles. The summed E-state index contributed by atoms with van der Waals surface area (Å²) in [6.07, 6.45) is 1.08. The Balaban J connectivity index is 3.31. The lowest BCUT2D eigenvalue weighted by Gasteiger charge is -2.29. The largest absolute Gasteiger partial charge is 0.389 e. The Morgan fingerprint density at radius 2 is 2.12 bits per heavy atom. The fraction of sp³-hybridized carbons (Fsp3) is 0.667. The molecule has 0 aliphatic rings. The van der Waals surface area contributed by atoms with Crippen molar-refractivity contribution in [2.75, 3.05) is 11.4 Å². The second-order valence-corrected chi connectivity index (χ2v) is 5.00. The Kier molecular flexibility index (Phi) is 4.51. The van der Waals surface area contributed by atoms with Crippen molar-refractivity contribution in [3.8, 4) is 0 Å². The predicted octanol–water partition coefficient (Wildman–Crippen LogP) is 1.99. The van der Waals surface area contributed by atoms with E-state index in [1.54, 1.807) is 0 Å². The van der Waals surface area contributed by atoms with Crippen LogP contribution < -0.4 is 10.6 Å². The van der Waals surface area contributed by atoms with Crippen LogP contribution in [0.25, 0.3) is 0 Å². The third-order valence-electron chi connectivity index (χ3n) is 2.80. The molecule has 2 N–H and O–H groups in total. The lowest BCUT2D eigenvalue weighted by Crippen LogP contribution is -2.34. The van der Waals surface area contributed by atoms with Crippen LogP contribution >= 0.6 is 12.2 Å². The maximum absolute atomic E-state index is 5.81. The van der Waals surface area contributed by atoms with Crippen LogP contribution in [0.5, 0.6) is 0 Å². The molecule has 1 heterocycles. The normalized spacial score (nSPS) is 10.9. The highest BCUT2D eigenvalue weighted by atomic mass is 32.1. The summed E-state index contributed by atoms with van der Waals surface area (Å²) in [5, 5.41) is 4.43. The maximum Gasteiger partial charge on any atom is 0.137 e. The highest BCUT2D eigenvalue weighted by molar-refractivity contribution is 7.80. The van der Waals surface area contributed by atoms with Crippen molar-refractivity contribution in [1.82, 2.24) is 9.78 Å². The van der Waals surface area contributed by atoms with Crippen molar-refractivity contribution in [3.05, 3.63) is 11.3 Å². The van der Waals surface area contributed by atoms with Gasteiger partial charge < -0.3 is 10.6 Å². The highest BCUT2D eigenvalue weighted by Gasteiger charge is 2.22. The van der Waals surface area contributed by atoms with Crippen LogP contribution in [0.1, 0.15) is 38.4 Å². The molecule has 0 aliphatic heterocycles. The molecule has 17 heavy (non-hydrogen) atoms. The Morgan fingerprint density at radius 3 is 2.53 bits per heavy atom. The molecule has 0 unspecified atom stereocenters. The average molecular weight is 254 g/mol. The minimum absolute atomic E-state index is 0.401. The Morgan fingerprint density at radius 1 is 1.53 bits per heavy atom. The molecule has 0 saturated carbocycles. The van der Waals surface area contributed by atoms with Gasteiger partial charge in [0.15, 0.2) is 0 Å². The summed E-state index contributed by atoms with van der Waals surface area (Å²) in [6.45, 7) is 9.43. The van der Waals surface area contributed by atoms with Gasteiger partial charge in [-0.3, -0.25) is 4.68 Å². The monoisotopic (exact) mass is 254 g/mol. The molecule has 0 aliphatic carbocycles. The number of thiocarbonyl (C=S) groups is 1. The van der Waals surface area contributed by atoms with Crippen molar-refractivity contribution >= 4 is 23.0 Å². The van der Waals surface area contributed by atoms with Crippen LogP contribution in [0.2, 0.25) is 0 Å². The molecule has 0 bridgehead atoms. The number of rotatable bonds is 5.